The van der Waals surface area contributed by atoms with Gasteiger partial charge in [-0.3, -0.25) is 4.79 Å². The van der Waals surface area contributed by atoms with Gasteiger partial charge in [-0.25, -0.2) is 9.59 Å². The Labute approximate surface area is 242 Å². The molecule has 6 rings (SSSR count). The van der Waals surface area contributed by atoms with Gasteiger partial charge in [-0.05, 0) is 36.2 Å². The Morgan fingerprint density at radius 1 is 0.878 bits per heavy atom. The van der Waals surface area contributed by atoms with Gasteiger partial charge < -0.3 is 19.3 Å². The summed E-state index contributed by atoms with van der Waals surface area (Å²) in [5, 5.41) is 3.35. The van der Waals surface area contributed by atoms with Crippen LogP contribution in [0.2, 0.25) is 0 Å². The molecule has 0 amide bonds. The number of unbranched alkanes of at least 4 members (excludes halogenated alkanes) is 1. The number of ether oxygens (including phenoxy) is 2. The molecule has 3 aromatic rings. The zero-order chi connectivity index (χ0) is 28.7. The van der Waals surface area contributed by atoms with Crippen LogP contribution in [0.25, 0.3) is 0 Å². The lowest BCUT2D eigenvalue weighted by Crippen LogP contribution is -2.65. The van der Waals surface area contributed by atoms with Gasteiger partial charge in [0.15, 0.2) is 12.1 Å². The number of carbonyl (C=O) groups excluding carboxylic acids is 3. The largest absolute Gasteiger partial charge is 0.462 e. The van der Waals surface area contributed by atoms with E-state index in [1.807, 2.05) is 67.6 Å². The second kappa shape index (κ2) is 13.1. The molecule has 0 saturated carbocycles. The van der Waals surface area contributed by atoms with Crippen LogP contribution in [-0.2, 0) is 14.3 Å². The molecular formula is C34H39N2O5+. The van der Waals surface area contributed by atoms with Gasteiger partial charge in [0, 0.05) is 30.0 Å². The monoisotopic (exact) mass is 555 g/mol. The van der Waals surface area contributed by atoms with E-state index in [4.69, 9.17) is 9.47 Å². The van der Waals surface area contributed by atoms with Crippen molar-refractivity contribution in [3.63, 3.8) is 0 Å². The van der Waals surface area contributed by atoms with Crippen molar-refractivity contribution in [2.45, 2.75) is 44.8 Å². The first kappa shape index (κ1) is 28.6. The number of para-hydroxylation sites is 1. The number of rotatable bonds is 12. The Balaban J connectivity index is 1.24. The number of esters is 2. The molecule has 3 fully saturated rings. The van der Waals surface area contributed by atoms with Crippen molar-refractivity contribution >= 4 is 23.4 Å². The maximum atomic E-state index is 13.6. The smallest absolute Gasteiger partial charge is 0.338 e. The summed E-state index contributed by atoms with van der Waals surface area (Å²) in [7, 11) is 0. The van der Waals surface area contributed by atoms with Crippen LogP contribution in [0.4, 0.5) is 5.69 Å². The van der Waals surface area contributed by atoms with E-state index in [1.54, 1.807) is 24.3 Å². The third kappa shape index (κ3) is 7.03. The van der Waals surface area contributed by atoms with Crippen LogP contribution in [0.1, 0.15) is 64.9 Å². The summed E-state index contributed by atoms with van der Waals surface area (Å²) in [5.74, 6) is -0.322. The highest BCUT2D eigenvalue weighted by atomic mass is 16.5. The molecule has 0 aromatic heterocycles. The van der Waals surface area contributed by atoms with Crippen molar-refractivity contribution < 1.29 is 28.3 Å². The molecular weight excluding hydrogens is 516 g/mol. The molecule has 0 aliphatic carbocycles. The summed E-state index contributed by atoms with van der Waals surface area (Å²) in [6, 6.07) is 25.4. The number of fused-ring (bicyclic) bond motifs is 3. The number of hydrogen-bond donors (Lipinski definition) is 1. The van der Waals surface area contributed by atoms with E-state index >= 15 is 0 Å². The lowest BCUT2D eigenvalue weighted by molar-refractivity contribution is -0.938. The van der Waals surface area contributed by atoms with Gasteiger partial charge in [-0.15, -0.1) is 0 Å². The van der Waals surface area contributed by atoms with E-state index in [9.17, 15) is 14.4 Å². The van der Waals surface area contributed by atoms with Crippen molar-refractivity contribution in [2.75, 3.05) is 38.1 Å². The minimum absolute atomic E-state index is 0.0363. The Kier molecular flexibility index (Phi) is 9.14. The number of hydrogen-bond acceptors (Lipinski definition) is 6. The first-order valence-electron chi connectivity index (χ1n) is 14.7. The van der Waals surface area contributed by atoms with Crippen molar-refractivity contribution in [3.05, 3.63) is 102 Å². The minimum Gasteiger partial charge on any atom is -0.462 e. The summed E-state index contributed by atoms with van der Waals surface area (Å²) in [4.78, 5) is 39.2. The summed E-state index contributed by atoms with van der Waals surface area (Å²) in [6.45, 7) is 5.23. The van der Waals surface area contributed by atoms with Crippen LogP contribution in [0.15, 0.2) is 84.9 Å². The van der Waals surface area contributed by atoms with E-state index < -0.39 is 6.04 Å². The van der Waals surface area contributed by atoms with Crippen molar-refractivity contribution in [2.24, 2.45) is 5.92 Å². The van der Waals surface area contributed by atoms with Crippen molar-refractivity contribution in [3.8, 4) is 0 Å². The summed E-state index contributed by atoms with van der Waals surface area (Å²) < 4.78 is 12.1. The number of anilines is 1. The first-order chi connectivity index (χ1) is 20.0. The van der Waals surface area contributed by atoms with E-state index in [0.29, 0.717) is 41.2 Å². The first-order valence-corrected chi connectivity index (χ1v) is 14.7. The maximum absolute atomic E-state index is 13.6. The third-order valence-electron chi connectivity index (χ3n) is 8.42. The topological polar surface area (TPSA) is 81.7 Å². The Morgan fingerprint density at radius 2 is 1.51 bits per heavy atom. The Bertz CT molecular complexity index is 1320. The van der Waals surface area contributed by atoms with Crippen LogP contribution in [0, 0.1) is 5.92 Å². The van der Waals surface area contributed by atoms with Gasteiger partial charge in [0.1, 0.15) is 13.1 Å². The normalized spacial score (nSPS) is 22.0. The highest BCUT2D eigenvalue weighted by molar-refractivity contribution is 5.98. The molecule has 2 atom stereocenters. The molecule has 3 saturated heterocycles. The fourth-order valence-corrected chi connectivity index (χ4v) is 6.00. The number of Topliss-reactive ketones (excluding diaryl/α,β-unsaturated/α-hetero) is 1. The second-order valence-electron chi connectivity index (χ2n) is 11.3. The van der Waals surface area contributed by atoms with Crippen LogP contribution in [0.3, 0.4) is 0 Å². The van der Waals surface area contributed by atoms with Crippen LogP contribution in [0.5, 0.6) is 0 Å². The van der Waals surface area contributed by atoms with E-state index in [1.165, 1.54) is 0 Å². The van der Waals surface area contributed by atoms with Crippen LogP contribution >= 0.6 is 0 Å². The molecule has 2 bridgehead atoms. The van der Waals surface area contributed by atoms with Crippen molar-refractivity contribution in [1.82, 2.24) is 0 Å². The quantitative estimate of drug-likeness (QED) is 0.131. The van der Waals surface area contributed by atoms with Gasteiger partial charge in [0.25, 0.3) is 0 Å². The van der Waals surface area contributed by atoms with Crippen molar-refractivity contribution in [1.29, 1.82) is 0 Å². The van der Waals surface area contributed by atoms with Gasteiger partial charge in [-0.1, -0.05) is 74.0 Å². The molecule has 1 N–H and O–H groups in total. The fourth-order valence-electron chi connectivity index (χ4n) is 6.00. The SMILES string of the molecule is CCCCOC(=O)c1ccc(C(=O)C[N+]23CCC(CC2)C(OC(=O)C(Nc2ccccc2)c2ccccc2)C3)cc1. The summed E-state index contributed by atoms with van der Waals surface area (Å²) in [5.41, 5.74) is 2.73. The number of ketones is 1. The lowest BCUT2D eigenvalue weighted by Gasteiger charge is -2.51. The molecule has 3 aliphatic rings. The van der Waals surface area contributed by atoms with Crippen LogP contribution < -0.4 is 5.32 Å². The lowest BCUT2D eigenvalue weighted by atomic mass is 9.82. The number of carbonyl (C=O) groups is 3. The molecule has 0 radical (unpaired) electrons. The number of piperidine rings is 3. The molecule has 2 unspecified atom stereocenters. The van der Waals surface area contributed by atoms with Crippen LogP contribution in [-0.4, -0.2) is 61.1 Å². The zero-order valence-electron chi connectivity index (χ0n) is 23.7. The maximum Gasteiger partial charge on any atom is 0.338 e. The highest BCUT2D eigenvalue weighted by Gasteiger charge is 2.49. The molecule has 7 heteroatoms. The summed E-state index contributed by atoms with van der Waals surface area (Å²) >= 11 is 0. The summed E-state index contributed by atoms with van der Waals surface area (Å²) in [6.07, 6.45) is 3.41. The molecule has 7 nitrogen and oxygen atoms in total. The van der Waals surface area contributed by atoms with Gasteiger partial charge in [0.2, 0.25) is 5.78 Å². The molecule has 3 heterocycles. The number of nitrogens with zero attached hydrogens (tertiary/aromatic N) is 1. The van der Waals surface area contributed by atoms with Gasteiger partial charge in [-0.2, -0.15) is 0 Å². The number of benzene rings is 3. The number of nitrogens with one attached hydrogen (secondary N) is 1. The number of quaternary nitrogens is 1. The highest BCUT2D eigenvalue weighted by Crippen LogP contribution is 2.37. The van der Waals surface area contributed by atoms with E-state index in [-0.39, 0.29) is 23.8 Å². The molecule has 214 valence electrons. The Morgan fingerprint density at radius 3 is 2.17 bits per heavy atom. The molecule has 3 aromatic carbocycles. The molecule has 0 spiro atoms. The van der Waals surface area contributed by atoms with Gasteiger partial charge >= 0.3 is 11.9 Å². The van der Waals surface area contributed by atoms with Gasteiger partial charge in [0.05, 0.1) is 25.3 Å². The van der Waals surface area contributed by atoms with E-state index in [0.717, 1.165) is 50.0 Å². The average molecular weight is 556 g/mol. The Hall–Kier alpha value is -3.97. The predicted octanol–water partition coefficient (Wildman–Crippen LogP) is 5.83. The second-order valence-corrected chi connectivity index (χ2v) is 11.3. The predicted molar refractivity (Wildman–Crippen MR) is 158 cm³/mol. The standard InChI is InChI=1S/C34H39N2O5/c1-2-3-22-40-33(38)28-16-14-25(15-17-28)30(37)23-36-20-18-26(19-21-36)31(24-36)41-34(39)32(27-10-6-4-7-11-27)35-29-12-8-5-9-13-29/h4-17,26,31-32,35H,2-3,18-24H2,1H3/q+1. The molecule has 41 heavy (non-hydrogen) atoms. The fraction of sp³-hybridized carbons (Fsp3) is 0.382. The molecule has 3 aliphatic heterocycles. The third-order valence-corrected chi connectivity index (χ3v) is 8.42. The minimum atomic E-state index is -0.628. The average Bonchev–Trinajstić information content (AvgIpc) is 3.01. The van der Waals surface area contributed by atoms with E-state index in [2.05, 4.69) is 5.32 Å². The zero-order valence-corrected chi connectivity index (χ0v) is 23.7.